The van der Waals surface area contributed by atoms with Gasteiger partial charge in [-0.2, -0.15) is 0 Å². The molecule has 2 saturated heterocycles. The number of ether oxygens (including phenoxy) is 2. The molecule has 0 bridgehead atoms. The van der Waals surface area contributed by atoms with E-state index in [0.29, 0.717) is 18.4 Å². The molecule has 3 rings (SSSR count). The number of rotatable bonds is 6. The van der Waals surface area contributed by atoms with E-state index in [4.69, 9.17) is 9.47 Å². The van der Waals surface area contributed by atoms with Gasteiger partial charge in [-0.25, -0.2) is 0 Å². The second-order valence-corrected chi connectivity index (χ2v) is 6.94. The molecular formula is C20H29NO3. The molecule has 0 N–H and O–H groups in total. The number of benzene rings is 1. The van der Waals surface area contributed by atoms with Crippen molar-refractivity contribution in [2.75, 3.05) is 32.9 Å². The van der Waals surface area contributed by atoms with E-state index >= 15 is 0 Å². The fourth-order valence-corrected chi connectivity index (χ4v) is 3.61. The van der Waals surface area contributed by atoms with Crippen molar-refractivity contribution in [2.24, 2.45) is 5.92 Å². The third kappa shape index (κ3) is 4.58. The molecule has 0 spiro atoms. The minimum absolute atomic E-state index is 0.249. The summed E-state index contributed by atoms with van der Waals surface area (Å²) < 4.78 is 11.4. The maximum atomic E-state index is 12.6. The Morgan fingerprint density at radius 2 is 1.96 bits per heavy atom. The first-order chi connectivity index (χ1) is 11.8. The molecule has 0 aromatic heterocycles. The molecule has 0 radical (unpaired) electrons. The number of likely N-dealkylation sites (tertiary alicyclic amines) is 1. The summed E-state index contributed by atoms with van der Waals surface area (Å²) in [6.07, 6.45) is 4.83. The maximum Gasteiger partial charge on any atom is 0.227 e. The van der Waals surface area contributed by atoms with Crippen LogP contribution in [-0.4, -0.2) is 49.8 Å². The molecule has 0 aliphatic carbocycles. The van der Waals surface area contributed by atoms with Crippen LogP contribution >= 0.6 is 0 Å². The van der Waals surface area contributed by atoms with E-state index in [2.05, 4.69) is 19.1 Å². The second-order valence-electron chi connectivity index (χ2n) is 6.94. The first kappa shape index (κ1) is 17.4. The van der Waals surface area contributed by atoms with Crippen molar-refractivity contribution < 1.29 is 14.3 Å². The molecule has 1 aromatic rings. The normalized spacial score (nSPS) is 22.0. The van der Waals surface area contributed by atoms with Crippen LogP contribution in [0.4, 0.5) is 0 Å². The van der Waals surface area contributed by atoms with Crippen molar-refractivity contribution in [1.82, 2.24) is 4.90 Å². The van der Waals surface area contributed by atoms with Crippen LogP contribution in [-0.2, 0) is 27.1 Å². The van der Waals surface area contributed by atoms with E-state index in [9.17, 15) is 4.79 Å². The van der Waals surface area contributed by atoms with Crippen molar-refractivity contribution in [3.8, 4) is 0 Å². The summed E-state index contributed by atoms with van der Waals surface area (Å²) in [6.45, 7) is 6.30. The highest BCUT2D eigenvalue weighted by Crippen LogP contribution is 2.19. The Balaban J connectivity index is 1.43. The van der Waals surface area contributed by atoms with Gasteiger partial charge < -0.3 is 14.4 Å². The van der Waals surface area contributed by atoms with Gasteiger partial charge in [0.25, 0.3) is 0 Å². The third-order valence-electron chi connectivity index (χ3n) is 5.23. The van der Waals surface area contributed by atoms with Gasteiger partial charge in [0.05, 0.1) is 25.7 Å². The van der Waals surface area contributed by atoms with Crippen LogP contribution < -0.4 is 0 Å². The number of carbonyl (C=O) groups is 1. The lowest BCUT2D eigenvalue weighted by Crippen LogP contribution is -2.42. The maximum absolute atomic E-state index is 12.6. The van der Waals surface area contributed by atoms with Gasteiger partial charge in [-0.15, -0.1) is 0 Å². The average molecular weight is 331 g/mol. The predicted molar refractivity (Wildman–Crippen MR) is 94.0 cm³/mol. The predicted octanol–water partition coefficient (Wildman–Crippen LogP) is 2.84. The van der Waals surface area contributed by atoms with E-state index in [-0.39, 0.29) is 5.91 Å². The molecule has 2 aliphatic heterocycles. The molecule has 1 atom stereocenters. The van der Waals surface area contributed by atoms with Crippen molar-refractivity contribution in [3.63, 3.8) is 0 Å². The van der Waals surface area contributed by atoms with Gasteiger partial charge in [0.15, 0.2) is 0 Å². The summed E-state index contributed by atoms with van der Waals surface area (Å²) in [5.41, 5.74) is 2.45. The van der Waals surface area contributed by atoms with Gasteiger partial charge in [-0.3, -0.25) is 4.79 Å². The highest BCUT2D eigenvalue weighted by molar-refractivity contribution is 5.79. The van der Waals surface area contributed by atoms with Crippen LogP contribution in [0, 0.1) is 5.92 Å². The van der Waals surface area contributed by atoms with Crippen LogP contribution in [0.1, 0.15) is 37.3 Å². The summed E-state index contributed by atoms with van der Waals surface area (Å²) >= 11 is 0. The van der Waals surface area contributed by atoms with Gasteiger partial charge in [0.1, 0.15) is 0 Å². The van der Waals surface area contributed by atoms with E-state index < -0.39 is 0 Å². The van der Waals surface area contributed by atoms with E-state index in [1.54, 1.807) is 0 Å². The molecule has 0 saturated carbocycles. The zero-order valence-electron chi connectivity index (χ0n) is 14.7. The number of piperidine rings is 1. The summed E-state index contributed by atoms with van der Waals surface area (Å²) in [4.78, 5) is 14.6. The number of hydrogen-bond acceptors (Lipinski definition) is 3. The largest absolute Gasteiger partial charge is 0.381 e. The lowest BCUT2D eigenvalue weighted by atomic mass is 10.0. The van der Waals surface area contributed by atoms with Crippen LogP contribution in [0.25, 0.3) is 0 Å². The molecule has 24 heavy (non-hydrogen) atoms. The van der Waals surface area contributed by atoms with Crippen molar-refractivity contribution >= 4 is 5.91 Å². The van der Waals surface area contributed by atoms with Gasteiger partial charge >= 0.3 is 0 Å². The molecule has 2 fully saturated rings. The SMILES string of the molecule is CCc1ccccc1CC(=O)N1CCC(OC[C@@H]2CCOC2)CC1. The molecule has 4 heteroatoms. The lowest BCUT2D eigenvalue weighted by molar-refractivity contribution is -0.133. The zero-order chi connectivity index (χ0) is 16.8. The van der Waals surface area contributed by atoms with Crippen LogP contribution in [0.15, 0.2) is 24.3 Å². The fraction of sp³-hybridized carbons (Fsp3) is 0.650. The summed E-state index contributed by atoms with van der Waals surface area (Å²) in [5.74, 6) is 0.814. The third-order valence-corrected chi connectivity index (χ3v) is 5.23. The minimum Gasteiger partial charge on any atom is -0.381 e. The Labute approximate surface area is 145 Å². The Hall–Kier alpha value is -1.39. The van der Waals surface area contributed by atoms with E-state index in [1.807, 2.05) is 17.0 Å². The number of carbonyl (C=O) groups excluding carboxylic acids is 1. The zero-order valence-corrected chi connectivity index (χ0v) is 14.7. The quantitative estimate of drug-likeness (QED) is 0.804. The second kappa shape index (κ2) is 8.63. The molecule has 2 heterocycles. The van der Waals surface area contributed by atoms with Gasteiger partial charge in [-0.05, 0) is 36.8 Å². The van der Waals surface area contributed by atoms with Crippen LogP contribution in [0.3, 0.4) is 0 Å². The molecule has 132 valence electrons. The molecule has 0 unspecified atom stereocenters. The highest BCUT2D eigenvalue weighted by atomic mass is 16.5. The summed E-state index contributed by atoms with van der Waals surface area (Å²) in [7, 11) is 0. The van der Waals surface area contributed by atoms with Crippen molar-refractivity contribution in [3.05, 3.63) is 35.4 Å². The molecule has 1 amide bonds. The fourth-order valence-electron chi connectivity index (χ4n) is 3.61. The van der Waals surface area contributed by atoms with Crippen LogP contribution in [0.5, 0.6) is 0 Å². The van der Waals surface area contributed by atoms with E-state index in [1.165, 1.54) is 11.1 Å². The Morgan fingerprint density at radius 3 is 2.62 bits per heavy atom. The van der Waals surface area contributed by atoms with E-state index in [0.717, 1.165) is 58.6 Å². The number of hydrogen-bond donors (Lipinski definition) is 0. The topological polar surface area (TPSA) is 38.8 Å². The molecular weight excluding hydrogens is 302 g/mol. The summed E-state index contributed by atoms with van der Waals surface area (Å²) in [6, 6.07) is 8.27. The lowest BCUT2D eigenvalue weighted by Gasteiger charge is -2.32. The van der Waals surface area contributed by atoms with Crippen molar-refractivity contribution in [1.29, 1.82) is 0 Å². The smallest absolute Gasteiger partial charge is 0.227 e. The Bertz CT molecular complexity index is 531. The van der Waals surface area contributed by atoms with Crippen LogP contribution in [0.2, 0.25) is 0 Å². The van der Waals surface area contributed by atoms with Gasteiger partial charge in [-0.1, -0.05) is 31.2 Å². The van der Waals surface area contributed by atoms with Crippen molar-refractivity contribution in [2.45, 2.75) is 45.1 Å². The Kier molecular flexibility index (Phi) is 6.27. The first-order valence-electron chi connectivity index (χ1n) is 9.30. The average Bonchev–Trinajstić information content (AvgIpc) is 3.14. The standard InChI is InChI=1S/C20H29NO3/c1-2-17-5-3-4-6-18(17)13-20(22)21-10-7-19(8-11-21)24-15-16-9-12-23-14-16/h3-6,16,19H,2,7-15H2,1H3/t16-/m1/s1. The highest BCUT2D eigenvalue weighted by Gasteiger charge is 2.25. The Morgan fingerprint density at radius 1 is 1.21 bits per heavy atom. The summed E-state index contributed by atoms with van der Waals surface area (Å²) in [5, 5.41) is 0. The molecule has 1 aromatic carbocycles. The molecule has 2 aliphatic rings. The van der Waals surface area contributed by atoms with Gasteiger partial charge in [0.2, 0.25) is 5.91 Å². The minimum atomic E-state index is 0.249. The monoisotopic (exact) mass is 331 g/mol. The first-order valence-corrected chi connectivity index (χ1v) is 9.30. The number of nitrogens with zero attached hydrogens (tertiary/aromatic N) is 1. The number of amides is 1. The van der Waals surface area contributed by atoms with Gasteiger partial charge in [0, 0.05) is 25.6 Å². The number of aryl methyl sites for hydroxylation is 1. The molecule has 4 nitrogen and oxygen atoms in total.